The Kier molecular flexibility index (Phi) is 4.18. The topological polar surface area (TPSA) is 12.9 Å². The van der Waals surface area contributed by atoms with Gasteiger partial charge in [0.05, 0.1) is 10.7 Å². The number of nitrogens with zero attached hydrogens (tertiary/aromatic N) is 1. The molecule has 1 nitrogen and oxygen atoms in total. The average Bonchev–Trinajstić information content (AvgIpc) is 2.87. The lowest BCUT2D eigenvalue weighted by Crippen LogP contribution is -1.88. The molecule has 0 unspecified atom stereocenters. The Bertz CT molecular complexity index is 394. The maximum Gasteiger partial charge on any atom is 0.0980 e. The van der Waals surface area contributed by atoms with Crippen LogP contribution in [0.2, 0.25) is 0 Å². The van der Waals surface area contributed by atoms with Crippen molar-refractivity contribution < 1.29 is 0 Å². The summed E-state index contributed by atoms with van der Waals surface area (Å²) in [4.78, 5) is 5.97. The fourth-order valence-electron chi connectivity index (χ4n) is 1.36. The Morgan fingerprint density at radius 2 is 2.27 bits per heavy atom. The molecule has 0 aliphatic carbocycles. The van der Waals surface area contributed by atoms with E-state index >= 15 is 0 Å². The predicted molar refractivity (Wildman–Crippen MR) is 68.3 cm³/mol. The minimum atomic E-state index is 0.720. The van der Waals surface area contributed by atoms with Gasteiger partial charge in [0.2, 0.25) is 0 Å². The van der Waals surface area contributed by atoms with Gasteiger partial charge in [-0.25, -0.2) is 4.98 Å². The molecule has 2 aromatic heterocycles. The minimum Gasteiger partial charge on any atom is -0.246 e. The van der Waals surface area contributed by atoms with Crippen LogP contribution in [0, 0.1) is 0 Å². The molecule has 4 heteroatoms. The van der Waals surface area contributed by atoms with Gasteiger partial charge >= 0.3 is 0 Å². The van der Waals surface area contributed by atoms with Gasteiger partial charge in [-0.1, -0.05) is 6.07 Å². The van der Waals surface area contributed by atoms with E-state index in [0.29, 0.717) is 0 Å². The van der Waals surface area contributed by atoms with Crippen LogP contribution >= 0.6 is 34.3 Å². The SMILES string of the molecule is ClCCCc1csc(Cc2cccs2)n1. The fourth-order valence-corrected chi connectivity index (χ4v) is 3.14. The third-order valence-electron chi connectivity index (χ3n) is 2.07. The second-order valence-electron chi connectivity index (χ2n) is 3.28. The minimum absolute atomic E-state index is 0.720. The molecule has 2 heterocycles. The third-order valence-corrected chi connectivity index (χ3v) is 4.11. The molecule has 0 aliphatic heterocycles. The van der Waals surface area contributed by atoms with Gasteiger partial charge in [-0.05, 0) is 24.3 Å². The Morgan fingerprint density at radius 1 is 1.33 bits per heavy atom. The average molecular weight is 258 g/mol. The summed E-state index contributed by atoms with van der Waals surface area (Å²) in [7, 11) is 0. The Labute approximate surface area is 103 Å². The van der Waals surface area contributed by atoms with Crippen LogP contribution < -0.4 is 0 Å². The van der Waals surface area contributed by atoms with Crippen molar-refractivity contribution in [3.63, 3.8) is 0 Å². The highest BCUT2D eigenvalue weighted by molar-refractivity contribution is 7.11. The number of hydrogen-bond donors (Lipinski definition) is 0. The van der Waals surface area contributed by atoms with Crippen LogP contribution in [-0.2, 0) is 12.8 Å². The van der Waals surface area contributed by atoms with Crippen LogP contribution in [0.1, 0.15) is 22.0 Å². The van der Waals surface area contributed by atoms with E-state index < -0.39 is 0 Å². The van der Waals surface area contributed by atoms with Gasteiger partial charge in [0.15, 0.2) is 0 Å². The molecule has 0 aromatic carbocycles. The molecule has 2 aromatic rings. The van der Waals surface area contributed by atoms with Crippen molar-refractivity contribution in [2.45, 2.75) is 19.3 Å². The van der Waals surface area contributed by atoms with E-state index in [-0.39, 0.29) is 0 Å². The molecule has 0 fully saturated rings. The van der Waals surface area contributed by atoms with Crippen LogP contribution in [0.3, 0.4) is 0 Å². The quantitative estimate of drug-likeness (QED) is 0.739. The first kappa shape index (κ1) is 11.1. The first-order valence-corrected chi connectivity index (χ1v) is 7.19. The van der Waals surface area contributed by atoms with Crippen molar-refractivity contribution in [1.82, 2.24) is 4.98 Å². The summed E-state index contributed by atoms with van der Waals surface area (Å²) < 4.78 is 0. The molecular weight excluding hydrogens is 246 g/mol. The van der Waals surface area contributed by atoms with Gasteiger partial charge in [-0.15, -0.1) is 34.3 Å². The van der Waals surface area contributed by atoms with Crippen LogP contribution in [0.15, 0.2) is 22.9 Å². The summed E-state index contributed by atoms with van der Waals surface area (Å²) >= 11 is 9.19. The molecule has 0 amide bonds. The van der Waals surface area contributed by atoms with Gasteiger partial charge < -0.3 is 0 Å². The molecule has 0 saturated heterocycles. The maximum absolute atomic E-state index is 5.65. The summed E-state index contributed by atoms with van der Waals surface area (Å²) in [5, 5.41) is 5.47. The lowest BCUT2D eigenvalue weighted by atomic mass is 10.3. The fraction of sp³-hybridized carbons (Fsp3) is 0.364. The summed E-state index contributed by atoms with van der Waals surface area (Å²) in [6.45, 7) is 0. The third kappa shape index (κ3) is 3.30. The number of halogens is 1. The van der Waals surface area contributed by atoms with Gasteiger partial charge in [0.25, 0.3) is 0 Å². The molecule has 0 radical (unpaired) electrons. The van der Waals surface area contributed by atoms with Crippen molar-refractivity contribution >= 4 is 34.3 Å². The largest absolute Gasteiger partial charge is 0.246 e. The van der Waals surface area contributed by atoms with Gasteiger partial charge in [-0.2, -0.15) is 0 Å². The molecule has 0 aliphatic rings. The van der Waals surface area contributed by atoms with E-state index in [1.807, 2.05) is 0 Å². The van der Waals surface area contributed by atoms with Crippen LogP contribution in [0.25, 0.3) is 0 Å². The van der Waals surface area contributed by atoms with Gasteiger partial charge in [0, 0.05) is 22.6 Å². The summed E-state index contributed by atoms with van der Waals surface area (Å²) in [6.07, 6.45) is 3.00. The van der Waals surface area contributed by atoms with Crippen LogP contribution in [0.4, 0.5) is 0 Å². The Hall–Kier alpha value is -0.380. The van der Waals surface area contributed by atoms with E-state index in [1.54, 1.807) is 22.7 Å². The lowest BCUT2D eigenvalue weighted by Gasteiger charge is -1.92. The Balaban J connectivity index is 1.95. The number of aryl methyl sites for hydroxylation is 1. The number of thiazole rings is 1. The predicted octanol–water partition coefficient (Wildman–Crippen LogP) is 3.97. The van der Waals surface area contributed by atoms with Gasteiger partial charge in [0.1, 0.15) is 0 Å². The zero-order chi connectivity index (χ0) is 10.5. The molecule has 0 spiro atoms. The van der Waals surface area contributed by atoms with Crippen molar-refractivity contribution in [1.29, 1.82) is 0 Å². The van der Waals surface area contributed by atoms with Gasteiger partial charge in [-0.3, -0.25) is 0 Å². The molecule has 80 valence electrons. The highest BCUT2D eigenvalue weighted by atomic mass is 35.5. The monoisotopic (exact) mass is 257 g/mol. The zero-order valence-corrected chi connectivity index (χ0v) is 10.7. The molecule has 15 heavy (non-hydrogen) atoms. The van der Waals surface area contributed by atoms with E-state index in [9.17, 15) is 0 Å². The molecule has 0 saturated carbocycles. The van der Waals surface area contributed by atoms with Crippen molar-refractivity contribution in [2.24, 2.45) is 0 Å². The lowest BCUT2D eigenvalue weighted by molar-refractivity contribution is 0.890. The van der Waals surface area contributed by atoms with E-state index in [0.717, 1.165) is 25.1 Å². The molecule has 0 atom stereocenters. The Morgan fingerprint density at radius 3 is 3.00 bits per heavy atom. The molecule has 0 N–H and O–H groups in total. The first-order valence-electron chi connectivity index (χ1n) is 4.90. The highest BCUT2D eigenvalue weighted by Gasteiger charge is 2.03. The maximum atomic E-state index is 5.65. The van der Waals surface area contributed by atoms with Crippen LogP contribution in [-0.4, -0.2) is 10.9 Å². The van der Waals surface area contributed by atoms with Crippen LogP contribution in [0.5, 0.6) is 0 Å². The second kappa shape index (κ2) is 5.64. The molecule has 0 bridgehead atoms. The number of thiophene rings is 1. The van der Waals surface area contributed by atoms with E-state index in [2.05, 4.69) is 27.9 Å². The molecular formula is C11H12ClNS2. The second-order valence-corrected chi connectivity index (χ2v) is 5.63. The highest BCUT2D eigenvalue weighted by Crippen LogP contribution is 2.18. The van der Waals surface area contributed by atoms with Crippen molar-refractivity contribution in [3.05, 3.63) is 38.5 Å². The van der Waals surface area contributed by atoms with E-state index in [4.69, 9.17) is 11.6 Å². The number of hydrogen-bond acceptors (Lipinski definition) is 3. The summed E-state index contributed by atoms with van der Waals surface area (Å²) in [5.74, 6) is 0.720. The number of aromatic nitrogens is 1. The number of alkyl halides is 1. The smallest absolute Gasteiger partial charge is 0.0980 e. The van der Waals surface area contributed by atoms with Crippen molar-refractivity contribution in [2.75, 3.05) is 5.88 Å². The standard InChI is InChI=1S/C11H12ClNS2/c12-5-1-3-9-8-15-11(13-9)7-10-4-2-6-14-10/h2,4,6,8H,1,3,5,7H2. The first-order chi connectivity index (χ1) is 7.38. The summed E-state index contributed by atoms with van der Waals surface area (Å²) in [6, 6.07) is 4.24. The van der Waals surface area contributed by atoms with E-state index in [1.165, 1.54) is 15.6 Å². The summed E-state index contributed by atoms with van der Waals surface area (Å²) in [5.41, 5.74) is 1.19. The number of rotatable bonds is 5. The zero-order valence-electron chi connectivity index (χ0n) is 8.28. The van der Waals surface area contributed by atoms with Crippen molar-refractivity contribution in [3.8, 4) is 0 Å². The normalized spacial score (nSPS) is 10.7. The molecule has 2 rings (SSSR count).